The van der Waals surface area contributed by atoms with Gasteiger partial charge in [-0.25, -0.2) is 27.4 Å². The topological polar surface area (TPSA) is 73.4 Å². The predicted molar refractivity (Wildman–Crippen MR) is 157 cm³/mol. The van der Waals surface area contributed by atoms with E-state index in [1.807, 2.05) is 16.4 Å². The average Bonchev–Trinajstić information content (AvgIpc) is 3.47. The van der Waals surface area contributed by atoms with Gasteiger partial charge in [0.1, 0.15) is 23.0 Å². The molecule has 2 aliphatic rings. The van der Waals surface area contributed by atoms with Crippen molar-refractivity contribution >= 4 is 40.7 Å². The maximum absolute atomic E-state index is 14.0. The van der Waals surface area contributed by atoms with Gasteiger partial charge in [0.15, 0.2) is 0 Å². The molecule has 5 rings (SSSR count). The van der Waals surface area contributed by atoms with Crippen LogP contribution in [0, 0.1) is 5.82 Å². The largest absolute Gasteiger partial charge is 0.370 e. The van der Waals surface area contributed by atoms with Crippen molar-refractivity contribution in [2.45, 2.75) is 56.5 Å². The molecule has 1 atom stereocenters. The molecule has 3 heterocycles. The fourth-order valence-corrected chi connectivity index (χ4v) is 6.20. The van der Waals surface area contributed by atoms with Crippen molar-refractivity contribution in [1.82, 2.24) is 14.3 Å². The van der Waals surface area contributed by atoms with Crippen LogP contribution in [0.4, 0.5) is 36.1 Å². The average molecular weight is 583 g/mol. The van der Waals surface area contributed by atoms with Crippen LogP contribution in [0.2, 0.25) is 0 Å². The third-order valence-corrected chi connectivity index (χ3v) is 8.51. The first kappa shape index (κ1) is 28.9. The number of rotatable bonds is 10. The number of anilines is 4. The van der Waals surface area contributed by atoms with Gasteiger partial charge in [-0.3, -0.25) is 4.79 Å². The molecule has 3 aromatic rings. The minimum atomic E-state index is -3.26. The van der Waals surface area contributed by atoms with Crippen LogP contribution in [0.15, 0.2) is 60.4 Å². The quantitative estimate of drug-likeness (QED) is 0.149. The lowest BCUT2D eigenvalue weighted by Crippen LogP contribution is -2.35. The number of carbonyl (C=O) groups excluding carboxylic acids is 1. The Morgan fingerprint density at radius 2 is 1.93 bits per heavy atom. The minimum absolute atomic E-state index is 0.131. The van der Waals surface area contributed by atoms with Crippen LogP contribution < -0.4 is 15.5 Å². The van der Waals surface area contributed by atoms with Gasteiger partial charge in [-0.1, -0.05) is 19.6 Å². The summed E-state index contributed by atoms with van der Waals surface area (Å²) in [6, 6.07) is 9.69. The number of benzene rings is 2. The predicted octanol–water partition coefficient (Wildman–Crippen LogP) is 7.21. The number of nitrogens with zero attached hydrogens (tertiary/aromatic N) is 4. The van der Waals surface area contributed by atoms with Crippen molar-refractivity contribution in [2.24, 2.45) is 0 Å². The summed E-state index contributed by atoms with van der Waals surface area (Å²) >= 11 is 1.41. The molecule has 2 fully saturated rings. The highest BCUT2D eigenvalue weighted by Crippen LogP contribution is 2.43. The molecule has 2 N–H and O–H groups in total. The van der Waals surface area contributed by atoms with E-state index in [-0.39, 0.29) is 11.9 Å². The fraction of sp³-hybridized carbons (Fsp3) is 0.367. The molecule has 1 aromatic heterocycles. The zero-order valence-corrected chi connectivity index (χ0v) is 23.9. The van der Waals surface area contributed by atoms with Crippen LogP contribution in [0.3, 0.4) is 0 Å². The van der Waals surface area contributed by atoms with E-state index in [1.165, 1.54) is 30.4 Å². The van der Waals surface area contributed by atoms with E-state index < -0.39 is 17.3 Å². The first-order valence-corrected chi connectivity index (χ1v) is 14.5. The molecular formula is C30H33F3N6OS. The van der Waals surface area contributed by atoms with Crippen LogP contribution in [0.1, 0.15) is 55.8 Å². The van der Waals surface area contributed by atoms with Gasteiger partial charge in [0.05, 0.1) is 16.9 Å². The Kier molecular flexibility index (Phi) is 8.55. The van der Waals surface area contributed by atoms with Gasteiger partial charge in [0.2, 0.25) is 5.91 Å². The van der Waals surface area contributed by atoms with Crippen LogP contribution in [0.5, 0.6) is 0 Å². The smallest absolute Gasteiger partial charge is 0.273 e. The number of nitrogens with one attached hydrogen (secondary N) is 2. The van der Waals surface area contributed by atoms with E-state index >= 15 is 0 Å². The van der Waals surface area contributed by atoms with Gasteiger partial charge in [-0.05, 0) is 79.1 Å². The minimum Gasteiger partial charge on any atom is -0.370 e. The zero-order valence-electron chi connectivity index (χ0n) is 23.1. The number of hydrogen-bond acceptors (Lipinski definition) is 7. The molecule has 0 unspecified atom stereocenters. The summed E-state index contributed by atoms with van der Waals surface area (Å²) in [5.41, 5.74) is 3.66. The molecule has 2 aromatic carbocycles. The van der Waals surface area contributed by atoms with Gasteiger partial charge in [-0.15, -0.1) is 0 Å². The van der Waals surface area contributed by atoms with Crippen molar-refractivity contribution in [1.29, 1.82) is 0 Å². The van der Waals surface area contributed by atoms with Gasteiger partial charge in [0.25, 0.3) is 5.92 Å². The molecular weight excluding hydrogens is 549 g/mol. The molecule has 11 heteroatoms. The Balaban J connectivity index is 1.35. The van der Waals surface area contributed by atoms with Crippen molar-refractivity contribution in [3.8, 4) is 0 Å². The lowest BCUT2D eigenvalue weighted by molar-refractivity contribution is -0.111. The molecule has 0 radical (unpaired) electrons. The zero-order chi connectivity index (χ0) is 29.1. The van der Waals surface area contributed by atoms with Crippen molar-refractivity contribution in [3.63, 3.8) is 0 Å². The summed E-state index contributed by atoms with van der Waals surface area (Å²) < 4.78 is 43.9. The standard InChI is InChI=1S/C30H33F3N6OS/c1-4-19-15-26(38-11-6-7-12-38)24(37-28(40)5-2)16-23(19)36-27-17-29(35-18-34-27)41-39-13-10-25(39)20-8-9-22(31)21(14-20)30(3,32)33/h5,8-9,14-18,25H,2,4,6-7,10-13H2,1,3H3,(H,37,40)(H,34,35,36)/t25-/m1/s1. The Labute approximate surface area is 242 Å². The third-order valence-electron chi connectivity index (χ3n) is 7.43. The molecule has 216 valence electrons. The Morgan fingerprint density at radius 3 is 2.59 bits per heavy atom. The SMILES string of the molecule is C=CC(=O)Nc1cc(Nc2cc(SN3CC[C@@H]3c3ccc(F)c(C(C)(F)F)c3)ncn2)c(CC)cc1N1CCCC1. The number of amides is 1. The van der Waals surface area contributed by atoms with Crippen molar-refractivity contribution in [3.05, 3.63) is 77.9 Å². The molecule has 0 bridgehead atoms. The van der Waals surface area contributed by atoms with Gasteiger partial charge in [-0.2, -0.15) is 0 Å². The summed E-state index contributed by atoms with van der Waals surface area (Å²) in [6.07, 6.45) is 6.50. The maximum atomic E-state index is 14.0. The van der Waals surface area contributed by atoms with Gasteiger partial charge in [0, 0.05) is 44.4 Å². The highest BCUT2D eigenvalue weighted by atomic mass is 32.2. The van der Waals surface area contributed by atoms with E-state index in [0.717, 1.165) is 68.3 Å². The van der Waals surface area contributed by atoms with Crippen LogP contribution in [-0.4, -0.2) is 39.8 Å². The fourth-order valence-electron chi connectivity index (χ4n) is 5.15. The number of hydrogen-bond donors (Lipinski definition) is 2. The molecule has 0 saturated carbocycles. The van der Waals surface area contributed by atoms with Gasteiger partial charge < -0.3 is 15.5 Å². The lowest BCUT2D eigenvalue weighted by Gasteiger charge is -2.40. The highest BCUT2D eigenvalue weighted by molar-refractivity contribution is 7.97. The molecule has 0 spiro atoms. The molecule has 1 amide bonds. The van der Waals surface area contributed by atoms with E-state index in [1.54, 1.807) is 6.07 Å². The Bertz CT molecular complexity index is 1440. The van der Waals surface area contributed by atoms with Crippen molar-refractivity contribution in [2.75, 3.05) is 35.2 Å². The van der Waals surface area contributed by atoms with E-state index in [2.05, 4.69) is 45.1 Å². The maximum Gasteiger partial charge on any atom is 0.273 e. The van der Waals surface area contributed by atoms with Crippen LogP contribution in [-0.2, 0) is 17.1 Å². The third kappa shape index (κ3) is 6.51. The first-order chi connectivity index (χ1) is 19.7. The second-order valence-corrected chi connectivity index (χ2v) is 11.4. The second-order valence-electron chi connectivity index (χ2n) is 10.3. The van der Waals surface area contributed by atoms with Crippen LogP contribution in [0.25, 0.3) is 0 Å². The number of aromatic nitrogens is 2. The Hall–Kier alpha value is -3.57. The number of aryl methyl sites for hydroxylation is 1. The monoisotopic (exact) mass is 582 g/mol. The normalized spacial score (nSPS) is 17.3. The molecule has 0 aliphatic carbocycles. The molecule has 7 nitrogen and oxygen atoms in total. The van der Waals surface area contributed by atoms with Crippen LogP contribution >= 0.6 is 11.9 Å². The summed E-state index contributed by atoms with van der Waals surface area (Å²) in [5, 5.41) is 7.03. The van der Waals surface area contributed by atoms with Gasteiger partial charge >= 0.3 is 0 Å². The molecule has 2 aliphatic heterocycles. The van der Waals surface area contributed by atoms with Crippen molar-refractivity contribution < 1.29 is 18.0 Å². The number of alkyl halides is 2. The number of carbonyl (C=O) groups is 1. The number of halogens is 3. The Morgan fingerprint density at radius 1 is 1.15 bits per heavy atom. The van der Waals surface area contributed by atoms with E-state index in [0.29, 0.717) is 29.0 Å². The molecule has 41 heavy (non-hydrogen) atoms. The van der Waals surface area contributed by atoms with E-state index in [9.17, 15) is 18.0 Å². The summed E-state index contributed by atoms with van der Waals surface area (Å²) in [6.45, 7) is 8.99. The summed E-state index contributed by atoms with van der Waals surface area (Å²) in [5.74, 6) is -3.85. The summed E-state index contributed by atoms with van der Waals surface area (Å²) in [7, 11) is 0. The summed E-state index contributed by atoms with van der Waals surface area (Å²) in [4.78, 5) is 23.3. The first-order valence-electron chi connectivity index (χ1n) is 13.7. The van der Waals surface area contributed by atoms with E-state index in [4.69, 9.17) is 0 Å². The molecule has 2 saturated heterocycles. The highest BCUT2D eigenvalue weighted by Gasteiger charge is 2.34. The lowest BCUT2D eigenvalue weighted by atomic mass is 9.95. The second kappa shape index (κ2) is 12.1.